The van der Waals surface area contributed by atoms with Crippen LogP contribution in [-0.2, 0) is 0 Å². The van der Waals surface area contributed by atoms with Crippen molar-refractivity contribution in [2.45, 2.75) is 32.7 Å². The van der Waals surface area contributed by atoms with E-state index in [2.05, 4.69) is 18.7 Å². The summed E-state index contributed by atoms with van der Waals surface area (Å²) >= 11 is 6.07. The Balaban J connectivity index is 2.22. The van der Waals surface area contributed by atoms with Crippen molar-refractivity contribution in [3.63, 3.8) is 0 Å². The van der Waals surface area contributed by atoms with E-state index in [4.69, 9.17) is 11.6 Å². The number of halogens is 1. The van der Waals surface area contributed by atoms with Gasteiger partial charge in [-0.15, -0.1) is 0 Å². The molecule has 0 heterocycles. The maximum Gasteiger partial charge on any atom is 0.151 e. The molecule has 1 aliphatic rings. The highest BCUT2D eigenvalue weighted by Crippen LogP contribution is 2.33. The number of rotatable bonds is 5. The molecule has 1 fully saturated rings. The fraction of sp³-hybridized carbons (Fsp3) is 0.500. The first kappa shape index (κ1) is 12.4. The van der Waals surface area contributed by atoms with Gasteiger partial charge >= 0.3 is 0 Å². The van der Waals surface area contributed by atoms with Gasteiger partial charge in [0.15, 0.2) is 6.29 Å². The Morgan fingerprint density at radius 1 is 1.47 bits per heavy atom. The SMILES string of the molecule is CC(C)N(CC1CC1)c1ccc(C=O)c(Cl)c1. The lowest BCUT2D eigenvalue weighted by molar-refractivity contribution is 0.112. The zero-order valence-electron chi connectivity index (χ0n) is 10.3. The summed E-state index contributed by atoms with van der Waals surface area (Å²) in [5.74, 6) is 0.835. The molecule has 92 valence electrons. The minimum absolute atomic E-state index is 0.453. The van der Waals surface area contributed by atoms with Gasteiger partial charge in [0, 0.05) is 23.8 Å². The minimum atomic E-state index is 0.453. The molecule has 0 saturated heterocycles. The second-order valence-electron chi connectivity index (χ2n) is 5.01. The fourth-order valence-electron chi connectivity index (χ4n) is 1.98. The van der Waals surface area contributed by atoms with Crippen molar-refractivity contribution >= 4 is 23.6 Å². The number of nitrogens with zero attached hydrogens (tertiary/aromatic N) is 1. The second-order valence-corrected chi connectivity index (χ2v) is 5.42. The Hall–Kier alpha value is -1.02. The van der Waals surface area contributed by atoms with Gasteiger partial charge in [0.25, 0.3) is 0 Å². The number of carbonyl (C=O) groups excluding carboxylic acids is 1. The highest BCUT2D eigenvalue weighted by Gasteiger charge is 2.25. The average Bonchev–Trinajstić information content (AvgIpc) is 3.09. The predicted octanol–water partition coefficient (Wildman–Crippen LogP) is 3.78. The molecule has 3 heteroatoms. The van der Waals surface area contributed by atoms with E-state index in [0.717, 1.165) is 24.4 Å². The highest BCUT2D eigenvalue weighted by molar-refractivity contribution is 6.33. The molecule has 0 bridgehead atoms. The molecule has 17 heavy (non-hydrogen) atoms. The summed E-state index contributed by atoms with van der Waals surface area (Å²) in [7, 11) is 0. The maximum atomic E-state index is 10.7. The summed E-state index contributed by atoms with van der Waals surface area (Å²) in [6, 6.07) is 6.13. The molecule has 0 spiro atoms. The summed E-state index contributed by atoms with van der Waals surface area (Å²) in [6.45, 7) is 5.46. The van der Waals surface area contributed by atoms with E-state index >= 15 is 0 Å². The standard InChI is InChI=1S/C14H18ClNO/c1-10(2)16(8-11-3-4-11)13-6-5-12(9-17)14(15)7-13/h5-7,9-11H,3-4,8H2,1-2H3. The van der Waals surface area contributed by atoms with E-state index in [9.17, 15) is 4.79 Å². The zero-order chi connectivity index (χ0) is 12.4. The first-order valence-electron chi connectivity index (χ1n) is 6.13. The van der Waals surface area contributed by atoms with Gasteiger partial charge in [0.05, 0.1) is 5.02 Å². The van der Waals surface area contributed by atoms with Crippen molar-refractivity contribution in [3.05, 3.63) is 28.8 Å². The Labute approximate surface area is 108 Å². The van der Waals surface area contributed by atoms with Crippen LogP contribution in [-0.4, -0.2) is 18.9 Å². The number of hydrogen-bond donors (Lipinski definition) is 0. The van der Waals surface area contributed by atoms with Gasteiger partial charge in [-0.2, -0.15) is 0 Å². The molecule has 0 aromatic heterocycles. The molecule has 0 amide bonds. The van der Waals surface area contributed by atoms with Crippen LogP contribution < -0.4 is 4.90 Å². The molecule has 0 atom stereocenters. The third-order valence-corrected chi connectivity index (χ3v) is 3.55. The molecule has 1 aliphatic carbocycles. The Morgan fingerprint density at radius 3 is 2.65 bits per heavy atom. The van der Waals surface area contributed by atoms with Crippen LogP contribution in [0, 0.1) is 5.92 Å². The number of benzene rings is 1. The van der Waals surface area contributed by atoms with Gasteiger partial charge in [0.1, 0.15) is 0 Å². The topological polar surface area (TPSA) is 20.3 Å². The van der Waals surface area contributed by atoms with E-state index in [-0.39, 0.29) is 0 Å². The molecule has 0 unspecified atom stereocenters. The number of carbonyl (C=O) groups is 1. The van der Waals surface area contributed by atoms with E-state index in [1.165, 1.54) is 12.8 Å². The van der Waals surface area contributed by atoms with Crippen LogP contribution in [0.5, 0.6) is 0 Å². The number of anilines is 1. The molecule has 0 N–H and O–H groups in total. The molecule has 1 aromatic rings. The molecular formula is C14H18ClNO. The van der Waals surface area contributed by atoms with Crippen LogP contribution in [0.3, 0.4) is 0 Å². The molecule has 1 saturated carbocycles. The third kappa shape index (κ3) is 3.01. The molecule has 2 nitrogen and oxygen atoms in total. The van der Waals surface area contributed by atoms with Gasteiger partial charge in [-0.3, -0.25) is 4.79 Å². The Bertz CT molecular complexity index is 413. The molecule has 2 rings (SSSR count). The van der Waals surface area contributed by atoms with Gasteiger partial charge in [-0.25, -0.2) is 0 Å². The minimum Gasteiger partial charge on any atom is -0.369 e. The number of aldehydes is 1. The Kier molecular flexibility index (Phi) is 3.72. The largest absolute Gasteiger partial charge is 0.369 e. The molecular weight excluding hydrogens is 234 g/mol. The zero-order valence-corrected chi connectivity index (χ0v) is 11.1. The maximum absolute atomic E-state index is 10.7. The van der Waals surface area contributed by atoms with Gasteiger partial charge < -0.3 is 4.90 Å². The van der Waals surface area contributed by atoms with Crippen molar-refractivity contribution in [1.82, 2.24) is 0 Å². The molecule has 1 aromatic carbocycles. The van der Waals surface area contributed by atoms with E-state index < -0.39 is 0 Å². The first-order valence-corrected chi connectivity index (χ1v) is 6.51. The first-order chi connectivity index (χ1) is 8.11. The van der Waals surface area contributed by atoms with Crippen molar-refractivity contribution < 1.29 is 4.79 Å². The van der Waals surface area contributed by atoms with E-state index in [1.807, 2.05) is 12.1 Å². The van der Waals surface area contributed by atoms with Crippen molar-refractivity contribution in [1.29, 1.82) is 0 Å². The molecule has 0 radical (unpaired) electrons. The lowest BCUT2D eigenvalue weighted by atomic mass is 10.1. The van der Waals surface area contributed by atoms with Crippen LogP contribution in [0.2, 0.25) is 5.02 Å². The van der Waals surface area contributed by atoms with Crippen LogP contribution in [0.1, 0.15) is 37.0 Å². The third-order valence-electron chi connectivity index (χ3n) is 3.22. The Morgan fingerprint density at radius 2 is 2.18 bits per heavy atom. The quantitative estimate of drug-likeness (QED) is 0.743. The summed E-state index contributed by atoms with van der Waals surface area (Å²) < 4.78 is 0. The monoisotopic (exact) mass is 251 g/mol. The van der Waals surface area contributed by atoms with E-state index in [0.29, 0.717) is 16.6 Å². The van der Waals surface area contributed by atoms with Crippen molar-refractivity contribution in [2.24, 2.45) is 5.92 Å². The highest BCUT2D eigenvalue weighted by atomic mass is 35.5. The molecule has 0 aliphatic heterocycles. The van der Waals surface area contributed by atoms with Crippen molar-refractivity contribution in [3.8, 4) is 0 Å². The lowest BCUT2D eigenvalue weighted by Gasteiger charge is -2.29. The van der Waals surface area contributed by atoms with Gasteiger partial charge in [-0.1, -0.05) is 11.6 Å². The van der Waals surface area contributed by atoms with Crippen LogP contribution in [0.15, 0.2) is 18.2 Å². The van der Waals surface area contributed by atoms with Gasteiger partial charge in [0.2, 0.25) is 0 Å². The van der Waals surface area contributed by atoms with E-state index in [1.54, 1.807) is 6.07 Å². The van der Waals surface area contributed by atoms with Crippen LogP contribution in [0.25, 0.3) is 0 Å². The second kappa shape index (κ2) is 5.09. The summed E-state index contributed by atoms with van der Waals surface area (Å²) in [6.07, 6.45) is 3.47. The smallest absolute Gasteiger partial charge is 0.151 e. The predicted molar refractivity (Wildman–Crippen MR) is 72.0 cm³/mol. The normalized spacial score (nSPS) is 15.1. The van der Waals surface area contributed by atoms with Crippen molar-refractivity contribution in [2.75, 3.05) is 11.4 Å². The fourth-order valence-corrected chi connectivity index (χ4v) is 2.20. The lowest BCUT2D eigenvalue weighted by Crippen LogP contribution is -2.32. The summed E-state index contributed by atoms with van der Waals surface area (Å²) in [5.41, 5.74) is 1.67. The summed E-state index contributed by atoms with van der Waals surface area (Å²) in [5, 5.41) is 0.541. The number of hydrogen-bond acceptors (Lipinski definition) is 2. The van der Waals surface area contributed by atoms with Crippen LogP contribution in [0.4, 0.5) is 5.69 Å². The van der Waals surface area contributed by atoms with Gasteiger partial charge in [-0.05, 0) is 50.8 Å². The van der Waals surface area contributed by atoms with Crippen LogP contribution >= 0.6 is 11.6 Å². The average molecular weight is 252 g/mol. The summed E-state index contributed by atoms with van der Waals surface area (Å²) in [4.78, 5) is 13.1.